The number of hydrogen-bond acceptors (Lipinski definition) is 4. The molecule has 3 N–H and O–H groups in total. The molecule has 0 atom stereocenters. The molecule has 0 saturated carbocycles. The lowest BCUT2D eigenvalue weighted by molar-refractivity contribution is 0.475. The Hall–Kier alpha value is -3.02. The van der Waals surface area contributed by atoms with Gasteiger partial charge >= 0.3 is 5.69 Å². The summed E-state index contributed by atoms with van der Waals surface area (Å²) in [6, 6.07) is 13.2. The summed E-state index contributed by atoms with van der Waals surface area (Å²) in [7, 11) is 0. The summed E-state index contributed by atoms with van der Waals surface area (Å²) in [6.07, 6.45) is 1.45. The van der Waals surface area contributed by atoms with Crippen molar-refractivity contribution in [2.45, 2.75) is 0 Å². The lowest BCUT2D eigenvalue weighted by Crippen LogP contribution is -2.22. The second kappa shape index (κ2) is 4.58. The Labute approximate surface area is 114 Å². The number of rotatable bonds is 2. The number of nitrogen functional groups attached to an aromatic ring is 1. The van der Waals surface area contributed by atoms with E-state index in [0.29, 0.717) is 17.1 Å². The fourth-order valence-corrected chi connectivity index (χ4v) is 1.89. The van der Waals surface area contributed by atoms with Gasteiger partial charge in [0, 0.05) is 5.69 Å². The van der Waals surface area contributed by atoms with Gasteiger partial charge in [-0.05, 0) is 48.5 Å². The van der Waals surface area contributed by atoms with Gasteiger partial charge in [-0.25, -0.2) is 9.36 Å². The third-order valence-corrected chi connectivity index (χ3v) is 2.94. The molecule has 0 fully saturated rings. The summed E-state index contributed by atoms with van der Waals surface area (Å²) < 4.78 is 2.68. The summed E-state index contributed by atoms with van der Waals surface area (Å²) in [6.45, 7) is 0. The minimum Gasteiger partial charge on any atom is -0.508 e. The van der Waals surface area contributed by atoms with E-state index in [4.69, 9.17) is 5.73 Å². The van der Waals surface area contributed by atoms with E-state index in [2.05, 4.69) is 5.10 Å². The zero-order valence-corrected chi connectivity index (χ0v) is 10.5. The first-order valence-corrected chi connectivity index (χ1v) is 5.97. The first-order chi connectivity index (χ1) is 9.65. The van der Waals surface area contributed by atoms with E-state index in [9.17, 15) is 9.90 Å². The largest absolute Gasteiger partial charge is 0.508 e. The SMILES string of the molecule is Nc1ccc(-n2cnn(-c3ccc(O)cc3)c2=O)cc1. The molecule has 1 heterocycles. The molecule has 0 aliphatic rings. The number of benzene rings is 2. The van der Waals surface area contributed by atoms with Gasteiger partial charge in [0.2, 0.25) is 0 Å². The van der Waals surface area contributed by atoms with Crippen LogP contribution in [-0.4, -0.2) is 19.5 Å². The molecule has 0 aliphatic heterocycles. The highest BCUT2D eigenvalue weighted by Crippen LogP contribution is 2.12. The van der Waals surface area contributed by atoms with Crippen molar-refractivity contribution >= 4 is 5.69 Å². The molecule has 0 unspecified atom stereocenters. The van der Waals surface area contributed by atoms with Crippen LogP contribution in [0.1, 0.15) is 0 Å². The van der Waals surface area contributed by atoms with E-state index >= 15 is 0 Å². The van der Waals surface area contributed by atoms with Crippen LogP contribution in [0.15, 0.2) is 59.7 Å². The Morgan fingerprint density at radius 1 is 0.950 bits per heavy atom. The summed E-state index contributed by atoms with van der Waals surface area (Å²) in [4.78, 5) is 12.3. The first kappa shape index (κ1) is 12.0. The van der Waals surface area contributed by atoms with Crippen LogP contribution in [0.5, 0.6) is 5.75 Å². The van der Waals surface area contributed by atoms with Crippen LogP contribution >= 0.6 is 0 Å². The molecule has 0 spiro atoms. The zero-order chi connectivity index (χ0) is 14.1. The maximum absolute atomic E-state index is 12.3. The molecule has 0 amide bonds. The van der Waals surface area contributed by atoms with Gasteiger partial charge < -0.3 is 10.8 Å². The van der Waals surface area contributed by atoms with Gasteiger partial charge in [-0.3, -0.25) is 0 Å². The molecule has 100 valence electrons. The molecular weight excluding hydrogens is 256 g/mol. The first-order valence-electron chi connectivity index (χ1n) is 5.97. The summed E-state index contributed by atoms with van der Waals surface area (Å²) in [5.74, 6) is 0.139. The van der Waals surface area contributed by atoms with E-state index in [1.807, 2.05) is 0 Å². The Kier molecular flexibility index (Phi) is 2.76. The molecule has 20 heavy (non-hydrogen) atoms. The average molecular weight is 268 g/mol. The highest BCUT2D eigenvalue weighted by molar-refractivity contribution is 5.45. The summed E-state index contributed by atoms with van der Waals surface area (Å²) in [5, 5.41) is 13.3. The van der Waals surface area contributed by atoms with Crippen molar-refractivity contribution in [3.63, 3.8) is 0 Å². The maximum atomic E-state index is 12.3. The summed E-state index contributed by atoms with van der Waals surface area (Å²) >= 11 is 0. The van der Waals surface area contributed by atoms with Crippen LogP contribution in [0, 0.1) is 0 Å². The highest BCUT2D eigenvalue weighted by Gasteiger charge is 2.08. The predicted octanol–water partition coefficient (Wildman–Crippen LogP) is 1.31. The molecular formula is C14H12N4O2. The van der Waals surface area contributed by atoms with E-state index in [0.717, 1.165) is 0 Å². The zero-order valence-electron chi connectivity index (χ0n) is 10.5. The van der Waals surface area contributed by atoms with Crippen molar-refractivity contribution < 1.29 is 5.11 Å². The number of hydrogen-bond donors (Lipinski definition) is 2. The van der Waals surface area contributed by atoms with Gasteiger partial charge in [0.15, 0.2) is 0 Å². The smallest absolute Gasteiger partial charge is 0.355 e. The molecule has 1 aromatic heterocycles. The Morgan fingerprint density at radius 3 is 2.20 bits per heavy atom. The monoisotopic (exact) mass is 268 g/mol. The fourth-order valence-electron chi connectivity index (χ4n) is 1.89. The molecule has 2 aromatic carbocycles. The van der Waals surface area contributed by atoms with E-state index in [1.165, 1.54) is 27.7 Å². The maximum Gasteiger partial charge on any atom is 0.355 e. The molecule has 0 bridgehead atoms. The standard InChI is InChI=1S/C14H12N4O2/c15-10-1-3-11(4-2-10)17-9-16-18(14(17)20)12-5-7-13(19)8-6-12/h1-9,19H,15H2. The average Bonchev–Trinajstić information content (AvgIpc) is 2.83. The van der Waals surface area contributed by atoms with Crippen molar-refractivity contribution in [2.75, 3.05) is 5.73 Å². The van der Waals surface area contributed by atoms with Crippen LogP contribution in [0.2, 0.25) is 0 Å². The number of nitrogens with two attached hydrogens (primary N) is 1. The number of phenolic OH excluding ortho intramolecular Hbond substituents is 1. The minimum atomic E-state index is -0.291. The van der Waals surface area contributed by atoms with E-state index in [-0.39, 0.29) is 11.4 Å². The molecule has 3 aromatic rings. The molecule has 6 nitrogen and oxygen atoms in total. The number of nitrogens with zero attached hydrogens (tertiary/aromatic N) is 3. The Bertz CT molecular complexity index is 719. The normalized spacial score (nSPS) is 10.6. The molecule has 0 saturated heterocycles. The lowest BCUT2D eigenvalue weighted by atomic mass is 10.3. The molecule has 0 radical (unpaired) electrons. The van der Waals surface area contributed by atoms with Crippen LogP contribution in [-0.2, 0) is 0 Å². The summed E-state index contributed by atoms with van der Waals surface area (Å²) in [5.41, 5.74) is 7.24. The lowest BCUT2D eigenvalue weighted by Gasteiger charge is -2.01. The van der Waals surface area contributed by atoms with Gasteiger partial charge in [-0.15, -0.1) is 0 Å². The van der Waals surface area contributed by atoms with Gasteiger partial charge in [-0.1, -0.05) is 0 Å². The van der Waals surface area contributed by atoms with E-state index < -0.39 is 0 Å². The van der Waals surface area contributed by atoms with Crippen LogP contribution in [0.4, 0.5) is 5.69 Å². The Balaban J connectivity index is 2.07. The van der Waals surface area contributed by atoms with Gasteiger partial charge in [0.05, 0.1) is 11.4 Å². The van der Waals surface area contributed by atoms with Gasteiger partial charge in [-0.2, -0.15) is 9.78 Å². The quantitative estimate of drug-likeness (QED) is 0.686. The van der Waals surface area contributed by atoms with Gasteiger partial charge in [0.25, 0.3) is 0 Å². The van der Waals surface area contributed by atoms with Crippen molar-refractivity contribution in [2.24, 2.45) is 0 Å². The van der Waals surface area contributed by atoms with Crippen molar-refractivity contribution in [1.82, 2.24) is 14.3 Å². The second-order valence-corrected chi connectivity index (χ2v) is 4.30. The second-order valence-electron chi connectivity index (χ2n) is 4.30. The van der Waals surface area contributed by atoms with Crippen molar-refractivity contribution in [3.8, 4) is 17.1 Å². The van der Waals surface area contributed by atoms with E-state index in [1.54, 1.807) is 36.4 Å². The number of phenols is 1. The number of anilines is 1. The van der Waals surface area contributed by atoms with Crippen molar-refractivity contribution in [3.05, 3.63) is 65.3 Å². The van der Waals surface area contributed by atoms with Crippen LogP contribution in [0.3, 0.4) is 0 Å². The third-order valence-electron chi connectivity index (χ3n) is 2.94. The topological polar surface area (TPSA) is 86.1 Å². The molecule has 3 rings (SSSR count). The highest BCUT2D eigenvalue weighted by atomic mass is 16.3. The molecule has 0 aliphatic carbocycles. The molecule has 6 heteroatoms. The minimum absolute atomic E-state index is 0.139. The van der Waals surface area contributed by atoms with Crippen molar-refractivity contribution in [1.29, 1.82) is 0 Å². The van der Waals surface area contributed by atoms with Gasteiger partial charge in [0.1, 0.15) is 12.1 Å². The third kappa shape index (κ3) is 2.03. The number of aromatic nitrogens is 3. The fraction of sp³-hybridized carbons (Fsp3) is 0. The van der Waals surface area contributed by atoms with Crippen LogP contribution in [0.25, 0.3) is 11.4 Å². The van der Waals surface area contributed by atoms with Crippen LogP contribution < -0.4 is 11.4 Å². The Morgan fingerprint density at radius 2 is 1.55 bits per heavy atom. The predicted molar refractivity (Wildman–Crippen MR) is 75.2 cm³/mol. The number of aromatic hydroxyl groups is 1.